The molecule has 0 fully saturated rings. The molecule has 0 saturated heterocycles. The van der Waals surface area contributed by atoms with Crippen LogP contribution in [0.2, 0.25) is 0 Å². The van der Waals surface area contributed by atoms with E-state index in [0.29, 0.717) is 22.9 Å². The van der Waals surface area contributed by atoms with E-state index in [1.165, 1.54) is 34.8 Å². The summed E-state index contributed by atoms with van der Waals surface area (Å²) in [5, 5.41) is 12.5. The molecule has 0 unspecified atom stereocenters. The third-order valence-electron chi connectivity index (χ3n) is 5.60. The van der Waals surface area contributed by atoms with Crippen molar-refractivity contribution in [2.24, 2.45) is 0 Å². The Balaban J connectivity index is 1.51. The Morgan fingerprint density at radius 3 is 2.46 bits per heavy atom. The molecule has 1 N–H and O–H groups in total. The third-order valence-corrected chi connectivity index (χ3v) is 7.95. The van der Waals surface area contributed by atoms with Crippen LogP contribution in [0, 0.1) is 0 Å². The molecule has 0 aliphatic carbocycles. The molecule has 0 aliphatic heterocycles. The second-order valence-electron chi connectivity index (χ2n) is 8.70. The summed E-state index contributed by atoms with van der Waals surface area (Å²) in [6.07, 6.45) is -4.38. The van der Waals surface area contributed by atoms with Gasteiger partial charge in [0.05, 0.1) is 24.3 Å². The number of hydrogen-bond donors (Lipinski definition) is 1. The van der Waals surface area contributed by atoms with Gasteiger partial charge in [-0.1, -0.05) is 32.9 Å². The monoisotopic (exact) mass is 519 g/mol. The van der Waals surface area contributed by atoms with Crippen LogP contribution in [0.3, 0.4) is 0 Å². The van der Waals surface area contributed by atoms with Gasteiger partial charge in [0, 0.05) is 21.1 Å². The second-order valence-corrected chi connectivity index (χ2v) is 10.6. The summed E-state index contributed by atoms with van der Waals surface area (Å²) in [6.45, 7) is 6.54. The number of carboxylic acid groups (broad SMARTS) is 1. The Hall–Kier alpha value is -2.91. The van der Waals surface area contributed by atoms with Crippen molar-refractivity contribution in [3.8, 4) is 16.3 Å². The molecular weight excluding hydrogens is 495 g/mol. The van der Waals surface area contributed by atoms with E-state index in [9.17, 15) is 18.0 Å². The summed E-state index contributed by atoms with van der Waals surface area (Å²) in [5.41, 5.74) is 1.69. The van der Waals surface area contributed by atoms with E-state index in [4.69, 9.17) is 14.8 Å². The zero-order chi connectivity index (χ0) is 25.3. The number of aliphatic carboxylic acids is 1. The first kappa shape index (κ1) is 25.2. The molecule has 0 aliphatic rings. The fourth-order valence-corrected chi connectivity index (χ4v) is 6.04. The number of fused-ring (bicyclic) bond motifs is 1. The Morgan fingerprint density at radius 2 is 1.83 bits per heavy atom. The van der Waals surface area contributed by atoms with Crippen molar-refractivity contribution in [3.63, 3.8) is 0 Å². The van der Waals surface area contributed by atoms with Gasteiger partial charge in [-0.25, -0.2) is 4.98 Å². The highest BCUT2D eigenvalue weighted by Gasteiger charge is 2.30. The number of thiophene rings is 1. The van der Waals surface area contributed by atoms with Gasteiger partial charge >= 0.3 is 12.1 Å². The standard InChI is InChI=1S/C26H24F3NO3S2/c1-14(2)23-24(35-25(30-23)16-4-6-18(7-5-16)26(27,28)29)15(3)12-33-19-8-9-20-17(10-22(31)32)13-34-21(20)11-19/h4-9,11,13-15H,10,12H2,1-3H3,(H,31,32)/t15-/m0/s1. The summed E-state index contributed by atoms with van der Waals surface area (Å²) < 4.78 is 45.8. The van der Waals surface area contributed by atoms with Gasteiger partial charge in [0.25, 0.3) is 0 Å². The smallest absolute Gasteiger partial charge is 0.416 e. The van der Waals surface area contributed by atoms with Gasteiger partial charge in [-0.3, -0.25) is 4.79 Å². The van der Waals surface area contributed by atoms with Gasteiger partial charge < -0.3 is 9.84 Å². The Labute approximate surface area is 209 Å². The number of halogens is 3. The fourth-order valence-electron chi connectivity index (χ4n) is 3.79. The number of thiazole rings is 1. The van der Waals surface area contributed by atoms with Crippen LogP contribution in [-0.2, 0) is 17.4 Å². The van der Waals surface area contributed by atoms with E-state index in [2.05, 4.69) is 0 Å². The zero-order valence-corrected chi connectivity index (χ0v) is 21.0. The van der Waals surface area contributed by atoms with E-state index < -0.39 is 17.7 Å². The quantitative estimate of drug-likeness (QED) is 0.256. The van der Waals surface area contributed by atoms with Crippen LogP contribution in [0.25, 0.3) is 20.7 Å². The van der Waals surface area contributed by atoms with Crippen molar-refractivity contribution < 1.29 is 27.8 Å². The molecule has 35 heavy (non-hydrogen) atoms. The van der Waals surface area contributed by atoms with E-state index in [-0.39, 0.29) is 18.3 Å². The molecule has 184 valence electrons. The van der Waals surface area contributed by atoms with Gasteiger partial charge in [0.1, 0.15) is 10.8 Å². The number of hydrogen-bond acceptors (Lipinski definition) is 5. The second kappa shape index (κ2) is 9.99. The van der Waals surface area contributed by atoms with Crippen molar-refractivity contribution in [2.75, 3.05) is 6.61 Å². The molecule has 1 atom stereocenters. The molecular formula is C26H24F3NO3S2. The maximum absolute atomic E-state index is 12.9. The van der Waals surface area contributed by atoms with Gasteiger partial charge in [0.15, 0.2) is 0 Å². The van der Waals surface area contributed by atoms with Crippen LogP contribution in [0.4, 0.5) is 13.2 Å². The van der Waals surface area contributed by atoms with Crippen molar-refractivity contribution in [2.45, 2.75) is 45.2 Å². The van der Waals surface area contributed by atoms with Crippen LogP contribution >= 0.6 is 22.7 Å². The number of aromatic nitrogens is 1. The minimum atomic E-state index is -4.37. The van der Waals surface area contributed by atoms with Gasteiger partial charge in [-0.2, -0.15) is 13.2 Å². The van der Waals surface area contributed by atoms with Crippen LogP contribution in [0.5, 0.6) is 5.75 Å². The molecule has 0 amide bonds. The van der Waals surface area contributed by atoms with E-state index in [0.717, 1.165) is 38.4 Å². The number of nitrogens with zero attached hydrogens (tertiary/aromatic N) is 1. The van der Waals surface area contributed by atoms with E-state index in [1.807, 2.05) is 44.4 Å². The van der Waals surface area contributed by atoms with Gasteiger partial charge in [-0.15, -0.1) is 22.7 Å². The highest BCUT2D eigenvalue weighted by atomic mass is 32.1. The highest BCUT2D eigenvalue weighted by Crippen LogP contribution is 2.38. The predicted molar refractivity (Wildman–Crippen MR) is 134 cm³/mol. The number of benzene rings is 2. The number of rotatable bonds is 8. The minimum absolute atomic E-state index is 0.0120. The first-order valence-corrected chi connectivity index (χ1v) is 12.8. The lowest BCUT2D eigenvalue weighted by molar-refractivity contribution is -0.138. The van der Waals surface area contributed by atoms with Gasteiger partial charge in [-0.05, 0) is 52.6 Å². The molecule has 4 rings (SSSR count). The normalized spacial score (nSPS) is 12.9. The van der Waals surface area contributed by atoms with Crippen LogP contribution in [0.1, 0.15) is 54.3 Å². The average molecular weight is 520 g/mol. The Morgan fingerprint density at radius 1 is 1.11 bits per heavy atom. The molecule has 2 aromatic carbocycles. The number of alkyl halides is 3. The van der Waals surface area contributed by atoms with E-state index >= 15 is 0 Å². The fraction of sp³-hybridized carbons (Fsp3) is 0.308. The lowest BCUT2D eigenvalue weighted by atomic mass is 10.0. The van der Waals surface area contributed by atoms with Crippen LogP contribution in [0.15, 0.2) is 47.8 Å². The van der Waals surface area contributed by atoms with Crippen molar-refractivity contribution in [1.29, 1.82) is 0 Å². The summed E-state index contributed by atoms with van der Waals surface area (Å²) in [6, 6.07) is 10.7. The molecule has 0 spiro atoms. The summed E-state index contributed by atoms with van der Waals surface area (Å²) >= 11 is 2.97. The minimum Gasteiger partial charge on any atom is -0.493 e. The summed E-state index contributed by atoms with van der Waals surface area (Å²) in [7, 11) is 0. The highest BCUT2D eigenvalue weighted by molar-refractivity contribution is 7.17. The molecule has 4 aromatic rings. The zero-order valence-electron chi connectivity index (χ0n) is 19.3. The summed E-state index contributed by atoms with van der Waals surface area (Å²) in [5.74, 6) is 0.0170. The molecule has 0 radical (unpaired) electrons. The lowest BCUT2D eigenvalue weighted by Crippen LogP contribution is -2.08. The maximum atomic E-state index is 12.9. The topological polar surface area (TPSA) is 59.4 Å². The number of carbonyl (C=O) groups is 1. The molecule has 2 heterocycles. The average Bonchev–Trinajstić information content (AvgIpc) is 3.41. The first-order chi connectivity index (χ1) is 16.5. The van der Waals surface area contributed by atoms with Crippen LogP contribution in [-0.4, -0.2) is 22.7 Å². The lowest BCUT2D eigenvalue weighted by Gasteiger charge is -2.14. The maximum Gasteiger partial charge on any atom is 0.416 e. The molecule has 9 heteroatoms. The first-order valence-electron chi connectivity index (χ1n) is 11.1. The molecule has 0 bridgehead atoms. The van der Waals surface area contributed by atoms with Crippen LogP contribution < -0.4 is 4.74 Å². The Bertz CT molecular complexity index is 1340. The SMILES string of the molecule is CC(C)c1nc(-c2ccc(C(F)(F)F)cc2)sc1[C@@H](C)COc1ccc2c(CC(=O)O)csc2c1. The van der Waals surface area contributed by atoms with Crippen molar-refractivity contribution in [3.05, 3.63) is 69.5 Å². The van der Waals surface area contributed by atoms with Crippen molar-refractivity contribution in [1.82, 2.24) is 4.98 Å². The number of carboxylic acids is 1. The Kier molecular flexibility index (Phi) is 7.19. The van der Waals surface area contributed by atoms with Gasteiger partial charge in [0.2, 0.25) is 0 Å². The largest absolute Gasteiger partial charge is 0.493 e. The molecule has 0 saturated carbocycles. The number of ether oxygens (including phenoxy) is 1. The van der Waals surface area contributed by atoms with E-state index in [1.54, 1.807) is 0 Å². The molecule has 4 nitrogen and oxygen atoms in total. The third kappa shape index (κ3) is 5.67. The summed E-state index contributed by atoms with van der Waals surface area (Å²) in [4.78, 5) is 16.8. The van der Waals surface area contributed by atoms with Crippen molar-refractivity contribution >= 4 is 38.7 Å². The molecule has 2 aromatic heterocycles. The predicted octanol–water partition coefficient (Wildman–Crippen LogP) is 7.98.